The van der Waals surface area contributed by atoms with Crippen LogP contribution in [0.3, 0.4) is 0 Å². The quantitative estimate of drug-likeness (QED) is 0.387. The van der Waals surface area contributed by atoms with Crippen LogP contribution >= 0.6 is 0 Å². The molecular formula is C6H9N3O3. The van der Waals surface area contributed by atoms with Crippen LogP contribution in [0, 0.1) is 0 Å². The Hall–Kier alpha value is -1.14. The third-order valence-electron chi connectivity index (χ3n) is 2.09. The molecule has 2 rings (SSSR count). The highest BCUT2D eigenvalue weighted by Gasteiger charge is 2.47. The van der Waals surface area contributed by atoms with Crippen molar-refractivity contribution in [3.63, 3.8) is 0 Å². The Morgan fingerprint density at radius 3 is 2.75 bits per heavy atom. The van der Waals surface area contributed by atoms with Gasteiger partial charge >= 0.3 is 6.03 Å². The highest BCUT2D eigenvalue weighted by Crippen LogP contribution is 2.17. The van der Waals surface area contributed by atoms with Gasteiger partial charge < -0.3 is 5.32 Å². The van der Waals surface area contributed by atoms with Gasteiger partial charge in [0.05, 0.1) is 0 Å². The minimum atomic E-state index is -0.831. The van der Waals surface area contributed by atoms with E-state index < -0.39 is 11.6 Å². The molecule has 0 aromatic rings. The number of urea groups is 1. The number of carbonyl (C=O) groups is 2. The van der Waals surface area contributed by atoms with E-state index in [0.29, 0.717) is 13.0 Å². The van der Waals surface area contributed by atoms with Gasteiger partial charge in [-0.3, -0.25) is 14.9 Å². The van der Waals surface area contributed by atoms with Gasteiger partial charge in [0.25, 0.3) is 5.91 Å². The SMILES string of the molecule is O=C1NC(=O)C2(CCNOC2)N1. The van der Waals surface area contributed by atoms with Gasteiger partial charge in [-0.2, -0.15) is 0 Å². The van der Waals surface area contributed by atoms with Gasteiger partial charge in [-0.1, -0.05) is 0 Å². The van der Waals surface area contributed by atoms with Crippen LogP contribution in [-0.4, -0.2) is 30.6 Å². The Balaban J connectivity index is 2.18. The van der Waals surface area contributed by atoms with Crippen LogP contribution in [0.1, 0.15) is 6.42 Å². The average molecular weight is 171 g/mol. The summed E-state index contributed by atoms with van der Waals surface area (Å²) in [5.41, 5.74) is 1.81. The van der Waals surface area contributed by atoms with E-state index in [-0.39, 0.29) is 12.5 Å². The second-order valence-corrected chi connectivity index (χ2v) is 2.92. The third kappa shape index (κ3) is 0.961. The van der Waals surface area contributed by atoms with Crippen molar-refractivity contribution >= 4 is 11.9 Å². The molecule has 0 radical (unpaired) electrons. The summed E-state index contributed by atoms with van der Waals surface area (Å²) in [7, 11) is 0. The molecule has 2 aliphatic rings. The summed E-state index contributed by atoms with van der Waals surface area (Å²) in [6.07, 6.45) is 0.560. The molecule has 66 valence electrons. The molecule has 2 aliphatic heterocycles. The zero-order valence-corrected chi connectivity index (χ0v) is 6.35. The molecule has 2 fully saturated rings. The summed E-state index contributed by atoms with van der Waals surface area (Å²) in [6.45, 7) is 0.748. The fourth-order valence-electron chi connectivity index (χ4n) is 1.39. The van der Waals surface area contributed by atoms with Crippen molar-refractivity contribution < 1.29 is 14.4 Å². The maximum absolute atomic E-state index is 11.3. The number of hydroxylamine groups is 1. The topological polar surface area (TPSA) is 79.5 Å². The molecule has 6 nitrogen and oxygen atoms in total. The van der Waals surface area contributed by atoms with Crippen LogP contribution < -0.4 is 16.1 Å². The summed E-state index contributed by atoms with van der Waals surface area (Å²) in [4.78, 5) is 27.0. The highest BCUT2D eigenvalue weighted by atomic mass is 16.6. The molecule has 1 spiro atoms. The molecule has 3 N–H and O–H groups in total. The Kier molecular flexibility index (Phi) is 1.52. The van der Waals surface area contributed by atoms with Crippen molar-refractivity contribution in [2.24, 2.45) is 0 Å². The fraction of sp³-hybridized carbons (Fsp3) is 0.667. The maximum Gasteiger partial charge on any atom is 0.322 e. The van der Waals surface area contributed by atoms with Crippen molar-refractivity contribution in [1.29, 1.82) is 0 Å². The second-order valence-electron chi connectivity index (χ2n) is 2.92. The third-order valence-corrected chi connectivity index (χ3v) is 2.09. The molecule has 2 saturated heterocycles. The average Bonchev–Trinajstić information content (AvgIpc) is 2.29. The molecule has 3 amide bonds. The van der Waals surface area contributed by atoms with Crippen LogP contribution in [0.4, 0.5) is 4.79 Å². The van der Waals surface area contributed by atoms with Crippen molar-refractivity contribution in [1.82, 2.24) is 16.1 Å². The highest BCUT2D eigenvalue weighted by molar-refractivity contribution is 6.07. The van der Waals surface area contributed by atoms with Crippen LogP contribution in [0.2, 0.25) is 0 Å². The Bertz CT molecular complexity index is 234. The van der Waals surface area contributed by atoms with Gasteiger partial charge in [0.15, 0.2) is 0 Å². The summed E-state index contributed by atoms with van der Waals surface area (Å²) in [5, 5.41) is 4.73. The van der Waals surface area contributed by atoms with Gasteiger partial charge in [-0.15, -0.1) is 0 Å². The van der Waals surface area contributed by atoms with E-state index in [4.69, 9.17) is 4.84 Å². The largest absolute Gasteiger partial charge is 0.322 e. The molecule has 6 heteroatoms. The standard InChI is InChI=1S/C6H9N3O3/c10-4-6(9-5(11)8-4)1-2-7-12-3-6/h7H,1-3H2,(H2,8,9,10,11). The molecule has 12 heavy (non-hydrogen) atoms. The number of hydrogen-bond donors (Lipinski definition) is 3. The van der Waals surface area contributed by atoms with Crippen LogP contribution in [0.15, 0.2) is 0 Å². The van der Waals surface area contributed by atoms with Gasteiger partial charge in [-0.05, 0) is 6.42 Å². The van der Waals surface area contributed by atoms with Gasteiger partial charge in [0, 0.05) is 6.54 Å². The lowest BCUT2D eigenvalue weighted by Gasteiger charge is -2.29. The summed E-state index contributed by atoms with van der Waals surface area (Å²) < 4.78 is 0. The molecule has 2 heterocycles. The van der Waals surface area contributed by atoms with Gasteiger partial charge in [0.1, 0.15) is 12.1 Å². The first-order chi connectivity index (χ1) is 5.73. The summed E-state index contributed by atoms with van der Waals surface area (Å²) in [6, 6.07) is -0.439. The number of hydrogen-bond acceptors (Lipinski definition) is 4. The fourth-order valence-corrected chi connectivity index (χ4v) is 1.39. The maximum atomic E-state index is 11.3. The second kappa shape index (κ2) is 2.43. The van der Waals surface area contributed by atoms with Gasteiger partial charge in [0.2, 0.25) is 0 Å². The summed E-state index contributed by atoms with van der Waals surface area (Å²) >= 11 is 0. The lowest BCUT2D eigenvalue weighted by molar-refractivity contribution is -0.131. The van der Waals surface area contributed by atoms with E-state index in [1.807, 2.05) is 0 Å². The smallest absolute Gasteiger partial charge is 0.321 e. The van der Waals surface area contributed by atoms with E-state index in [0.717, 1.165) is 0 Å². The first kappa shape index (κ1) is 7.51. The number of imide groups is 1. The first-order valence-corrected chi connectivity index (χ1v) is 3.71. The molecule has 1 unspecified atom stereocenters. The molecular weight excluding hydrogens is 162 g/mol. The molecule has 0 aromatic carbocycles. The Labute approximate surface area is 68.6 Å². The minimum absolute atomic E-state index is 0.185. The zero-order chi connectivity index (χ0) is 8.60. The molecule has 0 bridgehead atoms. The minimum Gasteiger partial charge on any atom is -0.321 e. The van der Waals surface area contributed by atoms with Crippen molar-refractivity contribution in [2.75, 3.05) is 13.2 Å². The van der Waals surface area contributed by atoms with E-state index in [1.165, 1.54) is 0 Å². The van der Waals surface area contributed by atoms with Crippen LogP contribution in [0.5, 0.6) is 0 Å². The number of nitrogens with one attached hydrogen (secondary N) is 3. The number of carbonyl (C=O) groups excluding carboxylic acids is 2. The summed E-state index contributed by atoms with van der Waals surface area (Å²) in [5.74, 6) is -0.297. The lowest BCUT2D eigenvalue weighted by Crippen LogP contribution is -2.56. The molecule has 0 aromatic heterocycles. The Morgan fingerprint density at radius 1 is 1.42 bits per heavy atom. The van der Waals surface area contributed by atoms with E-state index >= 15 is 0 Å². The molecule has 0 saturated carbocycles. The molecule has 0 aliphatic carbocycles. The first-order valence-electron chi connectivity index (χ1n) is 3.71. The lowest BCUT2D eigenvalue weighted by atomic mass is 9.96. The van der Waals surface area contributed by atoms with E-state index in [2.05, 4.69) is 16.1 Å². The van der Waals surface area contributed by atoms with Crippen LogP contribution in [-0.2, 0) is 9.63 Å². The predicted molar refractivity (Wildman–Crippen MR) is 38.0 cm³/mol. The number of rotatable bonds is 0. The predicted octanol–water partition coefficient (Wildman–Crippen LogP) is -1.51. The van der Waals surface area contributed by atoms with E-state index in [9.17, 15) is 9.59 Å². The monoisotopic (exact) mass is 171 g/mol. The number of amides is 3. The van der Waals surface area contributed by atoms with Crippen molar-refractivity contribution in [2.45, 2.75) is 12.0 Å². The van der Waals surface area contributed by atoms with Crippen molar-refractivity contribution in [3.05, 3.63) is 0 Å². The van der Waals surface area contributed by atoms with Crippen LogP contribution in [0.25, 0.3) is 0 Å². The molecule has 1 atom stereocenters. The van der Waals surface area contributed by atoms with Crippen molar-refractivity contribution in [3.8, 4) is 0 Å². The van der Waals surface area contributed by atoms with E-state index in [1.54, 1.807) is 0 Å². The normalized spacial score (nSPS) is 35.0. The Morgan fingerprint density at radius 2 is 2.25 bits per heavy atom. The zero-order valence-electron chi connectivity index (χ0n) is 6.35. The van der Waals surface area contributed by atoms with Gasteiger partial charge in [-0.25, -0.2) is 10.3 Å².